The third-order valence-electron chi connectivity index (χ3n) is 1.83. The fraction of sp³-hybridized carbons (Fsp3) is 0.273. The normalized spacial score (nSPS) is 9.15. The van der Waals surface area contributed by atoms with Crippen molar-refractivity contribution in [2.24, 2.45) is 0 Å². The van der Waals surface area contributed by atoms with Crippen molar-refractivity contribution in [3.63, 3.8) is 0 Å². The van der Waals surface area contributed by atoms with Crippen LogP contribution in [0.2, 0.25) is 0 Å². The van der Waals surface area contributed by atoms with Gasteiger partial charge in [-0.3, -0.25) is 0 Å². The topological polar surface area (TPSA) is 40.5 Å². The number of hydrogen-bond acceptors (Lipinski definition) is 2. The molecule has 0 amide bonds. The SMILES string of the molecule is CC#Cc1c(CO)cccc1CO. The molecule has 0 spiro atoms. The average molecular weight is 176 g/mol. The Bertz CT molecular complexity index is 323. The zero-order chi connectivity index (χ0) is 9.68. The van der Waals surface area contributed by atoms with Gasteiger partial charge in [0.1, 0.15) is 0 Å². The second-order valence-corrected chi connectivity index (χ2v) is 2.64. The molecule has 0 saturated carbocycles. The first-order chi connectivity index (χ1) is 6.33. The molecule has 0 bridgehead atoms. The molecule has 0 aliphatic heterocycles. The summed E-state index contributed by atoms with van der Waals surface area (Å²) in [6.07, 6.45) is 0. The lowest BCUT2D eigenvalue weighted by atomic mass is 10.0. The minimum absolute atomic E-state index is 0.0438. The molecule has 0 heterocycles. The zero-order valence-electron chi connectivity index (χ0n) is 7.54. The third kappa shape index (κ3) is 2.09. The van der Waals surface area contributed by atoms with Crippen LogP contribution in [0.4, 0.5) is 0 Å². The van der Waals surface area contributed by atoms with Gasteiger partial charge in [-0.2, -0.15) is 0 Å². The lowest BCUT2D eigenvalue weighted by molar-refractivity contribution is 0.275. The van der Waals surface area contributed by atoms with Crippen molar-refractivity contribution in [1.29, 1.82) is 0 Å². The highest BCUT2D eigenvalue weighted by molar-refractivity contribution is 5.46. The molecule has 1 aromatic rings. The van der Waals surface area contributed by atoms with E-state index in [2.05, 4.69) is 11.8 Å². The summed E-state index contributed by atoms with van der Waals surface area (Å²) in [5.41, 5.74) is 2.27. The number of aliphatic hydroxyl groups is 2. The molecule has 0 atom stereocenters. The Morgan fingerprint density at radius 2 is 1.69 bits per heavy atom. The van der Waals surface area contributed by atoms with E-state index >= 15 is 0 Å². The molecule has 0 aliphatic carbocycles. The molecule has 0 saturated heterocycles. The van der Waals surface area contributed by atoms with Crippen LogP contribution in [0.1, 0.15) is 23.6 Å². The summed E-state index contributed by atoms with van der Waals surface area (Å²) < 4.78 is 0. The molecule has 0 aromatic heterocycles. The molecule has 2 N–H and O–H groups in total. The molecule has 2 nitrogen and oxygen atoms in total. The van der Waals surface area contributed by atoms with E-state index in [0.717, 1.165) is 16.7 Å². The predicted molar refractivity (Wildman–Crippen MR) is 50.8 cm³/mol. The maximum atomic E-state index is 9.02. The number of benzene rings is 1. The van der Waals surface area contributed by atoms with Gasteiger partial charge in [0.2, 0.25) is 0 Å². The Morgan fingerprint density at radius 3 is 2.08 bits per heavy atom. The summed E-state index contributed by atoms with van der Waals surface area (Å²) in [5.74, 6) is 5.64. The number of hydrogen-bond donors (Lipinski definition) is 2. The lowest BCUT2D eigenvalue weighted by Crippen LogP contribution is -1.96. The summed E-state index contributed by atoms with van der Waals surface area (Å²) in [4.78, 5) is 0. The molecule has 13 heavy (non-hydrogen) atoms. The summed E-state index contributed by atoms with van der Waals surface area (Å²) in [6.45, 7) is 1.64. The van der Waals surface area contributed by atoms with Gasteiger partial charge in [0, 0.05) is 5.56 Å². The van der Waals surface area contributed by atoms with Crippen molar-refractivity contribution in [1.82, 2.24) is 0 Å². The van der Waals surface area contributed by atoms with E-state index in [9.17, 15) is 0 Å². The average Bonchev–Trinajstić information content (AvgIpc) is 2.18. The van der Waals surface area contributed by atoms with Crippen LogP contribution >= 0.6 is 0 Å². The summed E-state index contributed by atoms with van der Waals surface area (Å²) >= 11 is 0. The Balaban J connectivity index is 3.26. The van der Waals surface area contributed by atoms with Crippen molar-refractivity contribution >= 4 is 0 Å². The minimum atomic E-state index is -0.0438. The van der Waals surface area contributed by atoms with Crippen LogP contribution in [0, 0.1) is 11.8 Å². The largest absolute Gasteiger partial charge is 0.392 e. The monoisotopic (exact) mass is 176 g/mol. The van der Waals surface area contributed by atoms with Gasteiger partial charge in [-0.15, -0.1) is 5.92 Å². The highest BCUT2D eigenvalue weighted by Gasteiger charge is 2.03. The third-order valence-corrected chi connectivity index (χ3v) is 1.83. The van der Waals surface area contributed by atoms with Gasteiger partial charge in [-0.25, -0.2) is 0 Å². The number of aliphatic hydroxyl groups excluding tert-OH is 2. The first-order valence-electron chi connectivity index (χ1n) is 4.08. The van der Waals surface area contributed by atoms with E-state index in [1.54, 1.807) is 25.1 Å². The van der Waals surface area contributed by atoms with Crippen LogP contribution in [-0.2, 0) is 13.2 Å². The fourth-order valence-corrected chi connectivity index (χ4v) is 1.20. The van der Waals surface area contributed by atoms with E-state index in [-0.39, 0.29) is 13.2 Å². The van der Waals surface area contributed by atoms with Gasteiger partial charge in [0.25, 0.3) is 0 Å². The second kappa shape index (κ2) is 4.66. The van der Waals surface area contributed by atoms with Gasteiger partial charge >= 0.3 is 0 Å². The minimum Gasteiger partial charge on any atom is -0.392 e. The summed E-state index contributed by atoms with van der Waals surface area (Å²) in [7, 11) is 0. The van der Waals surface area contributed by atoms with Crippen LogP contribution in [0.3, 0.4) is 0 Å². The quantitative estimate of drug-likeness (QED) is 0.661. The van der Waals surface area contributed by atoms with Gasteiger partial charge in [0.05, 0.1) is 13.2 Å². The molecule has 1 rings (SSSR count). The molecule has 0 aliphatic rings. The van der Waals surface area contributed by atoms with Crippen molar-refractivity contribution in [2.75, 3.05) is 0 Å². The Kier molecular flexibility index (Phi) is 3.51. The Morgan fingerprint density at radius 1 is 1.15 bits per heavy atom. The fourth-order valence-electron chi connectivity index (χ4n) is 1.20. The van der Waals surface area contributed by atoms with E-state index in [1.807, 2.05) is 0 Å². The van der Waals surface area contributed by atoms with E-state index in [4.69, 9.17) is 10.2 Å². The predicted octanol–water partition coefficient (Wildman–Crippen LogP) is 1.04. The first-order valence-corrected chi connectivity index (χ1v) is 4.08. The van der Waals surface area contributed by atoms with E-state index in [1.165, 1.54) is 0 Å². The number of rotatable bonds is 2. The zero-order valence-corrected chi connectivity index (χ0v) is 7.54. The van der Waals surface area contributed by atoms with Gasteiger partial charge in [0.15, 0.2) is 0 Å². The van der Waals surface area contributed by atoms with Crippen LogP contribution in [0.5, 0.6) is 0 Å². The lowest BCUT2D eigenvalue weighted by Gasteiger charge is -2.05. The highest BCUT2D eigenvalue weighted by Crippen LogP contribution is 2.13. The van der Waals surface area contributed by atoms with Gasteiger partial charge in [-0.05, 0) is 18.1 Å². The van der Waals surface area contributed by atoms with E-state index < -0.39 is 0 Å². The Labute approximate surface area is 77.8 Å². The summed E-state index contributed by atoms with van der Waals surface area (Å²) in [6, 6.07) is 5.41. The van der Waals surface area contributed by atoms with Crippen LogP contribution < -0.4 is 0 Å². The maximum Gasteiger partial charge on any atom is 0.0694 e. The molecule has 68 valence electrons. The molecular weight excluding hydrogens is 164 g/mol. The van der Waals surface area contributed by atoms with Crippen molar-refractivity contribution in [3.8, 4) is 11.8 Å². The maximum absolute atomic E-state index is 9.02. The van der Waals surface area contributed by atoms with Crippen LogP contribution in [0.15, 0.2) is 18.2 Å². The highest BCUT2D eigenvalue weighted by atomic mass is 16.3. The van der Waals surface area contributed by atoms with E-state index in [0.29, 0.717) is 0 Å². The van der Waals surface area contributed by atoms with Crippen LogP contribution in [0.25, 0.3) is 0 Å². The van der Waals surface area contributed by atoms with Crippen molar-refractivity contribution in [3.05, 3.63) is 34.9 Å². The molecule has 0 radical (unpaired) electrons. The summed E-state index contributed by atoms with van der Waals surface area (Å²) in [5, 5.41) is 18.0. The first kappa shape index (κ1) is 9.79. The van der Waals surface area contributed by atoms with Crippen molar-refractivity contribution < 1.29 is 10.2 Å². The molecule has 0 unspecified atom stereocenters. The van der Waals surface area contributed by atoms with Gasteiger partial charge in [-0.1, -0.05) is 24.1 Å². The second-order valence-electron chi connectivity index (χ2n) is 2.64. The van der Waals surface area contributed by atoms with Gasteiger partial charge < -0.3 is 10.2 Å². The standard InChI is InChI=1S/C11H12O2/c1-2-4-11-9(7-12)5-3-6-10(11)8-13/h3,5-6,12-13H,7-8H2,1H3. The smallest absolute Gasteiger partial charge is 0.0694 e. The van der Waals surface area contributed by atoms with Crippen molar-refractivity contribution in [2.45, 2.75) is 20.1 Å². The Hall–Kier alpha value is -1.30. The van der Waals surface area contributed by atoms with Crippen LogP contribution in [-0.4, -0.2) is 10.2 Å². The molecular formula is C11H12O2. The molecule has 2 heteroatoms. The molecule has 1 aromatic carbocycles. The molecule has 0 fully saturated rings.